The van der Waals surface area contributed by atoms with E-state index in [4.69, 9.17) is 0 Å². The second kappa shape index (κ2) is 7.99. The Balaban J connectivity index is 4.32. The molecule has 1 amide bonds. The van der Waals surface area contributed by atoms with Gasteiger partial charge in [0.15, 0.2) is 0 Å². The molecule has 0 heterocycles. The van der Waals surface area contributed by atoms with Crippen molar-refractivity contribution in [2.45, 2.75) is 6.92 Å². The van der Waals surface area contributed by atoms with Crippen molar-refractivity contribution in [3.63, 3.8) is 0 Å². The molecule has 0 bridgehead atoms. The van der Waals surface area contributed by atoms with Gasteiger partial charge in [0.05, 0.1) is 6.67 Å². The molecule has 0 fully saturated rings. The zero-order valence-corrected chi connectivity index (χ0v) is 9.87. The summed E-state index contributed by atoms with van der Waals surface area (Å²) in [6, 6.07) is 0. The summed E-state index contributed by atoms with van der Waals surface area (Å²) >= 11 is 0. The molecule has 0 unspecified atom stereocenters. The summed E-state index contributed by atoms with van der Waals surface area (Å²) in [5.74, 6) is 0.584. The first-order chi connectivity index (χ1) is 7.10. The SMILES string of the molecule is CCNC(/C=C/C(=O)NC)=NCN(C)C. The van der Waals surface area contributed by atoms with Gasteiger partial charge in [-0.3, -0.25) is 14.7 Å². The van der Waals surface area contributed by atoms with Crippen LogP contribution in [0.4, 0.5) is 0 Å². The quantitative estimate of drug-likeness (QED) is 0.377. The highest BCUT2D eigenvalue weighted by atomic mass is 16.1. The Labute approximate surface area is 91.3 Å². The molecule has 0 aliphatic carbocycles. The molecule has 0 aromatic rings. The molecule has 2 N–H and O–H groups in total. The number of rotatable bonds is 5. The van der Waals surface area contributed by atoms with Gasteiger partial charge in [-0.15, -0.1) is 0 Å². The molecule has 0 rings (SSSR count). The molecule has 5 nitrogen and oxygen atoms in total. The summed E-state index contributed by atoms with van der Waals surface area (Å²) < 4.78 is 0. The summed E-state index contributed by atoms with van der Waals surface area (Å²) in [4.78, 5) is 17.2. The predicted molar refractivity (Wildman–Crippen MR) is 62.9 cm³/mol. The maximum atomic E-state index is 11.0. The summed E-state index contributed by atoms with van der Waals surface area (Å²) in [7, 11) is 5.47. The Morgan fingerprint density at radius 1 is 1.40 bits per heavy atom. The van der Waals surface area contributed by atoms with Crippen molar-refractivity contribution >= 4 is 11.7 Å². The molecular weight excluding hydrogens is 192 g/mol. The highest BCUT2D eigenvalue weighted by molar-refractivity contribution is 5.99. The molecule has 86 valence electrons. The maximum absolute atomic E-state index is 11.0. The number of hydrogen-bond donors (Lipinski definition) is 2. The van der Waals surface area contributed by atoms with E-state index in [0.29, 0.717) is 6.67 Å². The normalized spacial score (nSPS) is 12.2. The number of likely N-dealkylation sites (N-methyl/N-ethyl adjacent to an activating group) is 2. The lowest BCUT2D eigenvalue weighted by Gasteiger charge is -2.07. The van der Waals surface area contributed by atoms with Crippen LogP contribution in [0.5, 0.6) is 0 Å². The number of nitrogens with zero attached hydrogens (tertiary/aromatic N) is 2. The molecule has 15 heavy (non-hydrogen) atoms. The average Bonchev–Trinajstić information content (AvgIpc) is 2.21. The predicted octanol–water partition coefficient (Wildman–Crippen LogP) is -0.184. The van der Waals surface area contributed by atoms with Gasteiger partial charge in [0, 0.05) is 19.7 Å². The van der Waals surface area contributed by atoms with Gasteiger partial charge in [0.25, 0.3) is 0 Å². The topological polar surface area (TPSA) is 56.7 Å². The fourth-order valence-electron chi connectivity index (χ4n) is 0.804. The van der Waals surface area contributed by atoms with Crippen molar-refractivity contribution in [2.75, 3.05) is 34.4 Å². The number of nitrogens with one attached hydrogen (secondary N) is 2. The summed E-state index contributed by atoms with van der Waals surface area (Å²) in [5, 5.41) is 5.58. The summed E-state index contributed by atoms with van der Waals surface area (Å²) in [6.45, 7) is 3.36. The van der Waals surface area contributed by atoms with E-state index in [1.54, 1.807) is 13.1 Å². The maximum Gasteiger partial charge on any atom is 0.243 e. The third kappa shape index (κ3) is 7.69. The van der Waals surface area contributed by atoms with Crippen LogP contribution in [0.3, 0.4) is 0 Å². The van der Waals surface area contributed by atoms with E-state index < -0.39 is 0 Å². The Hall–Kier alpha value is -1.36. The largest absolute Gasteiger partial charge is 0.371 e. The van der Waals surface area contributed by atoms with Crippen LogP contribution in [0.25, 0.3) is 0 Å². The smallest absolute Gasteiger partial charge is 0.243 e. The Kier molecular flexibility index (Phi) is 7.27. The molecule has 5 heteroatoms. The van der Waals surface area contributed by atoms with E-state index in [1.165, 1.54) is 6.08 Å². The second-order valence-corrected chi connectivity index (χ2v) is 3.24. The van der Waals surface area contributed by atoms with Gasteiger partial charge in [0.2, 0.25) is 5.91 Å². The number of hydrogen-bond acceptors (Lipinski definition) is 3. The van der Waals surface area contributed by atoms with E-state index in [-0.39, 0.29) is 5.91 Å². The molecule has 0 aliphatic rings. The van der Waals surface area contributed by atoms with Crippen LogP contribution in [0.2, 0.25) is 0 Å². The number of carbonyl (C=O) groups is 1. The second-order valence-electron chi connectivity index (χ2n) is 3.24. The molecule has 0 aromatic heterocycles. The molecule has 0 atom stereocenters. The summed E-state index contributed by atoms with van der Waals surface area (Å²) in [6.07, 6.45) is 3.13. The van der Waals surface area contributed by atoms with Crippen LogP contribution < -0.4 is 10.6 Å². The Morgan fingerprint density at radius 3 is 2.53 bits per heavy atom. The van der Waals surface area contributed by atoms with Gasteiger partial charge < -0.3 is 10.6 Å². The standard InChI is InChI=1S/C10H20N4O/c1-5-12-9(13-8-14(3)4)6-7-10(15)11-2/h6-7H,5,8H2,1-4H3,(H,11,15)(H,12,13)/b7-6+. The summed E-state index contributed by atoms with van der Waals surface area (Å²) in [5.41, 5.74) is 0. The van der Waals surface area contributed by atoms with Crippen molar-refractivity contribution in [1.82, 2.24) is 15.5 Å². The minimum Gasteiger partial charge on any atom is -0.371 e. The van der Waals surface area contributed by atoms with Gasteiger partial charge in [-0.25, -0.2) is 0 Å². The monoisotopic (exact) mass is 212 g/mol. The van der Waals surface area contributed by atoms with Gasteiger partial charge >= 0.3 is 0 Å². The molecule has 0 aromatic carbocycles. The van der Waals surface area contributed by atoms with Crippen molar-refractivity contribution < 1.29 is 4.79 Å². The molecule has 0 saturated carbocycles. The van der Waals surface area contributed by atoms with Crippen molar-refractivity contribution in [3.05, 3.63) is 12.2 Å². The lowest BCUT2D eigenvalue weighted by molar-refractivity contribution is -0.116. The lowest BCUT2D eigenvalue weighted by Crippen LogP contribution is -2.24. The van der Waals surface area contributed by atoms with Crippen LogP contribution in [0.15, 0.2) is 17.1 Å². The van der Waals surface area contributed by atoms with E-state index in [1.807, 2.05) is 25.9 Å². The van der Waals surface area contributed by atoms with Gasteiger partial charge in [0.1, 0.15) is 5.84 Å². The van der Waals surface area contributed by atoms with Gasteiger partial charge in [-0.2, -0.15) is 0 Å². The van der Waals surface area contributed by atoms with E-state index in [0.717, 1.165) is 12.4 Å². The molecular formula is C10H20N4O. The van der Waals surface area contributed by atoms with Crippen LogP contribution in [0.1, 0.15) is 6.92 Å². The van der Waals surface area contributed by atoms with Crippen molar-refractivity contribution in [3.8, 4) is 0 Å². The minimum absolute atomic E-state index is 0.134. The van der Waals surface area contributed by atoms with Crippen LogP contribution in [-0.4, -0.2) is 51.0 Å². The van der Waals surface area contributed by atoms with Gasteiger partial charge in [-0.1, -0.05) is 0 Å². The highest BCUT2D eigenvalue weighted by Crippen LogP contribution is 1.83. The molecule has 0 radical (unpaired) electrons. The van der Waals surface area contributed by atoms with Crippen LogP contribution >= 0.6 is 0 Å². The third-order valence-corrected chi connectivity index (χ3v) is 1.52. The van der Waals surface area contributed by atoms with Gasteiger partial charge in [-0.05, 0) is 27.1 Å². The average molecular weight is 212 g/mol. The fourth-order valence-corrected chi connectivity index (χ4v) is 0.804. The zero-order chi connectivity index (χ0) is 11.7. The van der Waals surface area contributed by atoms with E-state index in [2.05, 4.69) is 15.6 Å². The molecule has 0 saturated heterocycles. The number of carbonyl (C=O) groups excluding carboxylic acids is 1. The number of aliphatic imine (C=N–C) groups is 1. The Bertz CT molecular complexity index is 246. The van der Waals surface area contributed by atoms with Crippen molar-refractivity contribution in [2.24, 2.45) is 4.99 Å². The number of amidine groups is 1. The zero-order valence-electron chi connectivity index (χ0n) is 9.87. The lowest BCUT2D eigenvalue weighted by atomic mass is 10.4. The fraction of sp³-hybridized carbons (Fsp3) is 0.600. The van der Waals surface area contributed by atoms with Crippen LogP contribution in [0, 0.1) is 0 Å². The van der Waals surface area contributed by atoms with Crippen molar-refractivity contribution in [1.29, 1.82) is 0 Å². The van der Waals surface area contributed by atoms with Crippen LogP contribution in [-0.2, 0) is 4.79 Å². The minimum atomic E-state index is -0.134. The van der Waals surface area contributed by atoms with E-state index >= 15 is 0 Å². The van der Waals surface area contributed by atoms with E-state index in [9.17, 15) is 4.79 Å². The first-order valence-corrected chi connectivity index (χ1v) is 4.93. The highest BCUT2D eigenvalue weighted by Gasteiger charge is 1.94. The molecule has 0 aliphatic heterocycles. The third-order valence-electron chi connectivity index (χ3n) is 1.52. The first-order valence-electron chi connectivity index (χ1n) is 4.93. The number of amides is 1. The first kappa shape index (κ1) is 13.6. The Morgan fingerprint density at radius 2 is 2.07 bits per heavy atom. The molecule has 0 spiro atoms.